The zero-order chi connectivity index (χ0) is 16.0. The van der Waals surface area contributed by atoms with E-state index in [1.165, 1.54) is 0 Å². The molecule has 0 aromatic heterocycles. The molecule has 1 aliphatic rings. The van der Waals surface area contributed by atoms with Crippen LogP contribution in [0.5, 0.6) is 0 Å². The van der Waals surface area contributed by atoms with Gasteiger partial charge in [0.25, 0.3) is 0 Å². The Morgan fingerprint density at radius 3 is 2.52 bits per heavy atom. The van der Waals surface area contributed by atoms with Crippen molar-refractivity contribution >= 4 is 12.0 Å². The normalized spacial score (nSPS) is 21.0. The summed E-state index contributed by atoms with van der Waals surface area (Å²) in [7, 11) is 0. The predicted molar refractivity (Wildman–Crippen MR) is 80.0 cm³/mol. The number of carboxylic acids is 1. The minimum absolute atomic E-state index is 0.0439. The number of piperidine rings is 1. The Kier molecular flexibility index (Phi) is 6.45. The topological polar surface area (TPSA) is 89.9 Å². The molecule has 2 amide bonds. The SMILES string of the molecule is CC(C)(C)CC(CNC(=O)N1CCCCC1CO)C(=O)O. The van der Waals surface area contributed by atoms with E-state index in [1.807, 2.05) is 20.8 Å². The summed E-state index contributed by atoms with van der Waals surface area (Å²) in [5, 5.41) is 21.3. The molecule has 6 nitrogen and oxygen atoms in total. The van der Waals surface area contributed by atoms with Gasteiger partial charge >= 0.3 is 12.0 Å². The molecular formula is C15H28N2O4. The molecule has 2 unspecified atom stereocenters. The lowest BCUT2D eigenvalue weighted by Gasteiger charge is -2.35. The fraction of sp³-hybridized carbons (Fsp3) is 0.867. The van der Waals surface area contributed by atoms with Crippen LogP contribution in [0, 0.1) is 11.3 Å². The van der Waals surface area contributed by atoms with Crippen LogP contribution >= 0.6 is 0 Å². The number of carboxylic acid groups (broad SMARTS) is 1. The molecule has 2 atom stereocenters. The Morgan fingerprint density at radius 2 is 2.00 bits per heavy atom. The van der Waals surface area contributed by atoms with E-state index < -0.39 is 11.9 Å². The summed E-state index contributed by atoms with van der Waals surface area (Å²) in [6.07, 6.45) is 3.24. The Morgan fingerprint density at radius 1 is 1.33 bits per heavy atom. The van der Waals surface area contributed by atoms with Crippen molar-refractivity contribution in [2.45, 2.75) is 52.5 Å². The monoisotopic (exact) mass is 300 g/mol. The maximum absolute atomic E-state index is 12.2. The van der Waals surface area contributed by atoms with Gasteiger partial charge in [-0.05, 0) is 31.1 Å². The first kappa shape index (κ1) is 17.8. The van der Waals surface area contributed by atoms with Crippen LogP contribution in [0.15, 0.2) is 0 Å². The molecule has 0 spiro atoms. The number of aliphatic carboxylic acids is 1. The zero-order valence-corrected chi connectivity index (χ0v) is 13.3. The van der Waals surface area contributed by atoms with Crippen LogP contribution in [0.2, 0.25) is 0 Å². The fourth-order valence-electron chi connectivity index (χ4n) is 2.76. The Bertz CT molecular complexity index is 365. The van der Waals surface area contributed by atoms with Crippen molar-refractivity contribution in [3.8, 4) is 0 Å². The highest BCUT2D eigenvalue weighted by Gasteiger charge is 2.29. The molecule has 0 aromatic rings. The minimum atomic E-state index is -0.887. The molecule has 1 saturated heterocycles. The van der Waals surface area contributed by atoms with Crippen molar-refractivity contribution in [3.63, 3.8) is 0 Å². The molecule has 0 aliphatic carbocycles. The fourth-order valence-corrected chi connectivity index (χ4v) is 2.76. The zero-order valence-electron chi connectivity index (χ0n) is 13.3. The first-order valence-corrected chi connectivity index (χ1v) is 7.62. The van der Waals surface area contributed by atoms with Gasteiger partial charge in [-0.25, -0.2) is 4.79 Å². The second-order valence-corrected chi connectivity index (χ2v) is 7.01. The number of aliphatic hydroxyl groups excluding tert-OH is 1. The van der Waals surface area contributed by atoms with Crippen LogP contribution in [0.25, 0.3) is 0 Å². The number of hydrogen-bond donors (Lipinski definition) is 3. The number of carbonyl (C=O) groups excluding carboxylic acids is 1. The van der Waals surface area contributed by atoms with Crippen LogP contribution in [0.1, 0.15) is 46.5 Å². The van der Waals surface area contributed by atoms with Gasteiger partial charge in [0.05, 0.1) is 18.6 Å². The van der Waals surface area contributed by atoms with E-state index in [4.69, 9.17) is 0 Å². The van der Waals surface area contributed by atoms with Crippen LogP contribution < -0.4 is 5.32 Å². The number of carbonyl (C=O) groups is 2. The third-order valence-electron chi connectivity index (χ3n) is 3.81. The van der Waals surface area contributed by atoms with E-state index in [0.717, 1.165) is 19.3 Å². The maximum Gasteiger partial charge on any atom is 0.317 e. The number of hydrogen-bond acceptors (Lipinski definition) is 3. The number of likely N-dealkylation sites (tertiary alicyclic amines) is 1. The average molecular weight is 300 g/mol. The number of amides is 2. The standard InChI is InChI=1S/C15H28N2O4/c1-15(2,3)8-11(13(19)20)9-16-14(21)17-7-5-4-6-12(17)10-18/h11-12,18H,4-10H2,1-3H3,(H,16,21)(H,19,20). The summed E-state index contributed by atoms with van der Waals surface area (Å²) in [4.78, 5) is 25.1. The van der Waals surface area contributed by atoms with Crippen molar-refractivity contribution < 1.29 is 19.8 Å². The third-order valence-corrected chi connectivity index (χ3v) is 3.81. The quantitative estimate of drug-likeness (QED) is 0.720. The smallest absolute Gasteiger partial charge is 0.317 e. The summed E-state index contributed by atoms with van der Waals surface area (Å²) in [6, 6.07) is -0.418. The predicted octanol–water partition coefficient (Wildman–Crippen LogP) is 1.68. The Hall–Kier alpha value is -1.30. The van der Waals surface area contributed by atoms with Crippen molar-refractivity contribution in [1.29, 1.82) is 0 Å². The van der Waals surface area contributed by atoms with Gasteiger partial charge in [-0.2, -0.15) is 0 Å². The van der Waals surface area contributed by atoms with E-state index in [0.29, 0.717) is 13.0 Å². The molecule has 0 radical (unpaired) electrons. The van der Waals surface area contributed by atoms with Gasteiger partial charge in [0, 0.05) is 13.1 Å². The molecule has 1 aliphatic heterocycles. The summed E-state index contributed by atoms with van der Waals surface area (Å²) < 4.78 is 0. The van der Waals surface area contributed by atoms with E-state index in [1.54, 1.807) is 4.90 Å². The molecule has 21 heavy (non-hydrogen) atoms. The van der Waals surface area contributed by atoms with Gasteiger partial charge in [0.1, 0.15) is 0 Å². The van der Waals surface area contributed by atoms with Gasteiger partial charge in [-0.3, -0.25) is 4.79 Å². The molecule has 122 valence electrons. The number of nitrogens with one attached hydrogen (secondary N) is 1. The molecule has 1 heterocycles. The second-order valence-electron chi connectivity index (χ2n) is 7.01. The lowest BCUT2D eigenvalue weighted by Crippen LogP contribution is -2.51. The second kappa shape index (κ2) is 7.64. The average Bonchev–Trinajstić information content (AvgIpc) is 2.41. The summed E-state index contributed by atoms with van der Waals surface area (Å²) >= 11 is 0. The highest BCUT2D eigenvalue weighted by atomic mass is 16.4. The van der Waals surface area contributed by atoms with Crippen molar-refractivity contribution in [3.05, 3.63) is 0 Å². The van der Waals surface area contributed by atoms with Gasteiger partial charge < -0.3 is 20.4 Å². The summed E-state index contributed by atoms with van der Waals surface area (Å²) in [5.41, 5.74) is -0.105. The largest absolute Gasteiger partial charge is 0.481 e. The highest BCUT2D eigenvalue weighted by molar-refractivity contribution is 5.76. The maximum atomic E-state index is 12.2. The number of nitrogens with zero attached hydrogens (tertiary/aromatic N) is 1. The lowest BCUT2D eigenvalue weighted by atomic mass is 9.84. The van der Waals surface area contributed by atoms with Gasteiger partial charge in [-0.15, -0.1) is 0 Å². The van der Waals surface area contributed by atoms with E-state index in [9.17, 15) is 19.8 Å². The van der Waals surface area contributed by atoms with Crippen LogP contribution in [0.3, 0.4) is 0 Å². The molecule has 0 aromatic carbocycles. The van der Waals surface area contributed by atoms with Crippen molar-refractivity contribution in [2.24, 2.45) is 11.3 Å². The first-order chi connectivity index (χ1) is 9.74. The van der Waals surface area contributed by atoms with Gasteiger partial charge in [0.15, 0.2) is 0 Å². The van der Waals surface area contributed by atoms with E-state index >= 15 is 0 Å². The van der Waals surface area contributed by atoms with E-state index in [2.05, 4.69) is 5.32 Å². The summed E-state index contributed by atoms with van der Waals surface area (Å²) in [6.45, 7) is 6.65. The van der Waals surface area contributed by atoms with Crippen LogP contribution in [-0.2, 0) is 4.79 Å². The molecule has 1 rings (SSSR count). The van der Waals surface area contributed by atoms with Crippen molar-refractivity contribution in [2.75, 3.05) is 19.7 Å². The molecule has 3 N–H and O–H groups in total. The Balaban J connectivity index is 2.54. The number of rotatable bonds is 5. The Labute approximate surface area is 126 Å². The third kappa shape index (κ3) is 5.91. The molecule has 0 bridgehead atoms. The molecular weight excluding hydrogens is 272 g/mol. The number of aliphatic hydroxyl groups is 1. The van der Waals surface area contributed by atoms with Crippen LogP contribution in [0.4, 0.5) is 4.79 Å². The first-order valence-electron chi connectivity index (χ1n) is 7.62. The lowest BCUT2D eigenvalue weighted by molar-refractivity contribution is -0.142. The van der Waals surface area contributed by atoms with Crippen molar-refractivity contribution in [1.82, 2.24) is 10.2 Å². The van der Waals surface area contributed by atoms with Gasteiger partial charge in [-0.1, -0.05) is 20.8 Å². The number of urea groups is 1. The molecule has 1 fully saturated rings. The summed E-state index contributed by atoms with van der Waals surface area (Å²) in [5.74, 6) is -1.48. The van der Waals surface area contributed by atoms with Crippen LogP contribution in [-0.4, -0.2) is 52.9 Å². The van der Waals surface area contributed by atoms with Gasteiger partial charge in [0.2, 0.25) is 0 Å². The van der Waals surface area contributed by atoms with E-state index in [-0.39, 0.29) is 30.6 Å². The minimum Gasteiger partial charge on any atom is -0.481 e. The molecule has 6 heteroatoms. The molecule has 0 saturated carbocycles. The highest BCUT2D eigenvalue weighted by Crippen LogP contribution is 2.24.